The van der Waals surface area contributed by atoms with Crippen LogP contribution in [0, 0.1) is 3.95 Å². The number of hydrogen-bond donors (Lipinski definition) is 0. The molecule has 0 amide bonds. The van der Waals surface area contributed by atoms with Gasteiger partial charge < -0.3 is 0 Å². The Morgan fingerprint density at radius 2 is 1.89 bits per heavy atom. The zero-order chi connectivity index (χ0) is 19.1. The number of fused-ring (bicyclic) bond motifs is 1. The minimum atomic E-state index is -0.209. The molecule has 2 aromatic carbocycles. The van der Waals surface area contributed by atoms with Gasteiger partial charge in [-0.25, -0.2) is 4.98 Å². The Kier molecular flexibility index (Phi) is 5.22. The van der Waals surface area contributed by atoms with Crippen molar-refractivity contribution >= 4 is 73.0 Å². The number of benzene rings is 2. The van der Waals surface area contributed by atoms with Crippen molar-refractivity contribution in [2.75, 3.05) is 0 Å². The quantitative estimate of drug-likeness (QED) is 0.250. The fourth-order valence-corrected chi connectivity index (χ4v) is 4.90. The summed E-state index contributed by atoms with van der Waals surface area (Å²) in [4.78, 5) is 18.0. The van der Waals surface area contributed by atoms with E-state index in [0.29, 0.717) is 41.2 Å². The molecule has 0 spiro atoms. The van der Waals surface area contributed by atoms with Gasteiger partial charge in [0.2, 0.25) is 0 Å². The van der Waals surface area contributed by atoms with Gasteiger partial charge in [-0.3, -0.25) is 13.9 Å². The number of hydrogen-bond acceptors (Lipinski definition) is 4. The van der Waals surface area contributed by atoms with Crippen molar-refractivity contribution in [2.24, 2.45) is 0 Å². The molecule has 0 atom stereocenters. The molecule has 2 aromatic heterocycles. The van der Waals surface area contributed by atoms with Crippen LogP contribution in [0.25, 0.3) is 21.7 Å². The number of alkyl halides is 1. The molecule has 0 bridgehead atoms. The lowest BCUT2D eigenvalue weighted by Gasteiger charge is -2.13. The second kappa shape index (κ2) is 7.48. The molecule has 4 rings (SSSR count). The van der Waals surface area contributed by atoms with Crippen LogP contribution in [0.3, 0.4) is 0 Å². The topological polar surface area (TPSA) is 39.8 Å². The highest BCUT2D eigenvalue weighted by Gasteiger charge is 2.19. The predicted molar refractivity (Wildman–Crippen MR) is 118 cm³/mol. The number of halogens is 3. The van der Waals surface area contributed by atoms with Gasteiger partial charge in [0, 0.05) is 5.02 Å². The first kappa shape index (κ1) is 18.8. The van der Waals surface area contributed by atoms with Crippen molar-refractivity contribution < 1.29 is 0 Å². The summed E-state index contributed by atoms with van der Waals surface area (Å²) in [5.41, 5.74) is 1.65. The maximum Gasteiger partial charge on any atom is 0.277 e. The zero-order valence-electron chi connectivity index (χ0n) is 13.5. The standard InChI is InChI=1S/C18H10BrCl2N3OS2/c19-9-14-22-16-15(17(25)24(14)13-7-2-1-6-12(13)21)27-18(26)23(16)11-5-3-4-10(20)8-11/h1-8H,9H2. The average molecular weight is 499 g/mol. The molecule has 9 heteroatoms. The molecule has 0 aliphatic carbocycles. The molecule has 136 valence electrons. The minimum absolute atomic E-state index is 0.209. The van der Waals surface area contributed by atoms with E-state index in [1.54, 1.807) is 28.8 Å². The Labute approximate surface area is 181 Å². The van der Waals surface area contributed by atoms with E-state index in [1.807, 2.05) is 24.3 Å². The molecule has 0 saturated carbocycles. The van der Waals surface area contributed by atoms with Gasteiger partial charge in [0.25, 0.3) is 5.56 Å². The predicted octanol–water partition coefficient (Wildman–Crippen LogP) is 6.17. The summed E-state index contributed by atoms with van der Waals surface area (Å²) in [6.07, 6.45) is 0. The normalized spacial score (nSPS) is 11.2. The van der Waals surface area contributed by atoms with Crippen LogP contribution in [-0.2, 0) is 5.33 Å². The summed E-state index contributed by atoms with van der Waals surface area (Å²) in [5, 5.41) is 1.43. The van der Waals surface area contributed by atoms with E-state index in [-0.39, 0.29) is 5.56 Å². The molecule has 0 fully saturated rings. The van der Waals surface area contributed by atoms with Crippen molar-refractivity contribution in [3.8, 4) is 11.4 Å². The second-order valence-corrected chi connectivity index (χ2v) is 8.64. The largest absolute Gasteiger partial charge is 0.277 e. The molecule has 0 aliphatic heterocycles. The Hall–Kier alpha value is -1.51. The zero-order valence-corrected chi connectivity index (χ0v) is 18.3. The molecule has 0 saturated heterocycles. The average Bonchev–Trinajstić information content (AvgIpc) is 2.99. The van der Waals surface area contributed by atoms with Crippen molar-refractivity contribution in [2.45, 2.75) is 5.33 Å². The van der Waals surface area contributed by atoms with E-state index in [2.05, 4.69) is 15.9 Å². The third-order valence-electron chi connectivity index (χ3n) is 3.96. The van der Waals surface area contributed by atoms with Crippen LogP contribution in [0.1, 0.15) is 5.82 Å². The van der Waals surface area contributed by atoms with E-state index >= 15 is 0 Å². The highest BCUT2D eigenvalue weighted by atomic mass is 79.9. The van der Waals surface area contributed by atoms with E-state index in [1.165, 1.54) is 15.9 Å². The molecule has 0 aliphatic rings. The maximum absolute atomic E-state index is 13.3. The monoisotopic (exact) mass is 497 g/mol. The van der Waals surface area contributed by atoms with Crippen LogP contribution in [-0.4, -0.2) is 14.1 Å². The number of aromatic nitrogens is 3. The first-order valence-corrected chi connectivity index (χ1v) is 10.9. The molecular weight excluding hydrogens is 489 g/mol. The van der Waals surface area contributed by atoms with Crippen LogP contribution in [0.4, 0.5) is 0 Å². The smallest absolute Gasteiger partial charge is 0.275 e. The number of nitrogens with zero attached hydrogens (tertiary/aromatic N) is 3. The molecule has 27 heavy (non-hydrogen) atoms. The first-order valence-electron chi connectivity index (χ1n) is 7.75. The third kappa shape index (κ3) is 3.28. The summed E-state index contributed by atoms with van der Waals surface area (Å²) in [6, 6.07) is 14.5. The molecule has 0 unspecified atom stereocenters. The summed E-state index contributed by atoms with van der Waals surface area (Å²) < 4.78 is 4.28. The van der Waals surface area contributed by atoms with E-state index in [4.69, 9.17) is 40.4 Å². The fraction of sp³-hybridized carbons (Fsp3) is 0.0556. The molecule has 4 aromatic rings. The van der Waals surface area contributed by atoms with Crippen molar-refractivity contribution in [1.82, 2.24) is 14.1 Å². The summed E-state index contributed by atoms with van der Waals surface area (Å²) in [6.45, 7) is 0. The first-order chi connectivity index (χ1) is 13.0. The van der Waals surface area contributed by atoms with E-state index < -0.39 is 0 Å². The van der Waals surface area contributed by atoms with Gasteiger partial charge in [0.1, 0.15) is 10.5 Å². The molecule has 2 heterocycles. The summed E-state index contributed by atoms with van der Waals surface area (Å²) in [7, 11) is 0. The van der Waals surface area contributed by atoms with Crippen molar-refractivity contribution in [3.63, 3.8) is 0 Å². The van der Waals surface area contributed by atoms with Crippen LogP contribution in [0.2, 0.25) is 10.0 Å². The van der Waals surface area contributed by atoms with Crippen LogP contribution >= 0.6 is 62.7 Å². The molecule has 4 nitrogen and oxygen atoms in total. The number of rotatable bonds is 3. The summed E-state index contributed by atoms with van der Waals surface area (Å²) in [5.74, 6) is 0.532. The SMILES string of the molecule is O=c1c2sc(=S)n(-c3cccc(Cl)c3)c2nc(CBr)n1-c1ccccc1Cl. The van der Waals surface area contributed by atoms with Gasteiger partial charge >= 0.3 is 0 Å². The maximum atomic E-state index is 13.3. The van der Waals surface area contributed by atoms with E-state index in [9.17, 15) is 4.79 Å². The Morgan fingerprint density at radius 1 is 1.11 bits per heavy atom. The number of para-hydroxylation sites is 1. The van der Waals surface area contributed by atoms with Gasteiger partial charge in [0.15, 0.2) is 9.60 Å². The lowest BCUT2D eigenvalue weighted by molar-refractivity contribution is 0.878. The Balaban J connectivity index is 2.09. The van der Waals surface area contributed by atoms with Gasteiger partial charge in [0.05, 0.1) is 21.7 Å². The Bertz CT molecular complexity index is 1300. The fourth-order valence-electron chi connectivity index (χ4n) is 2.81. The lowest BCUT2D eigenvalue weighted by Crippen LogP contribution is -2.23. The highest BCUT2D eigenvalue weighted by Crippen LogP contribution is 2.27. The minimum Gasteiger partial charge on any atom is -0.275 e. The molecule has 0 N–H and O–H groups in total. The van der Waals surface area contributed by atoms with Gasteiger partial charge in [-0.2, -0.15) is 0 Å². The van der Waals surface area contributed by atoms with Crippen molar-refractivity contribution in [1.29, 1.82) is 0 Å². The van der Waals surface area contributed by atoms with Gasteiger partial charge in [-0.15, -0.1) is 0 Å². The van der Waals surface area contributed by atoms with Crippen LogP contribution in [0.15, 0.2) is 53.3 Å². The second-order valence-electron chi connectivity index (χ2n) is 5.59. The third-order valence-corrected chi connectivity index (χ3v) is 6.36. The molecule has 0 radical (unpaired) electrons. The van der Waals surface area contributed by atoms with E-state index in [0.717, 1.165) is 5.69 Å². The van der Waals surface area contributed by atoms with Crippen LogP contribution in [0.5, 0.6) is 0 Å². The highest BCUT2D eigenvalue weighted by molar-refractivity contribution is 9.08. The molecular formula is C18H10BrCl2N3OS2. The Morgan fingerprint density at radius 3 is 2.59 bits per heavy atom. The summed E-state index contributed by atoms with van der Waals surface area (Å²) >= 11 is 22.6. The van der Waals surface area contributed by atoms with Gasteiger partial charge in [-0.05, 0) is 42.5 Å². The lowest BCUT2D eigenvalue weighted by atomic mass is 10.3. The number of thiazole rings is 1. The van der Waals surface area contributed by atoms with Gasteiger partial charge in [-0.1, -0.05) is 68.7 Å². The van der Waals surface area contributed by atoms with Crippen LogP contribution < -0.4 is 5.56 Å². The van der Waals surface area contributed by atoms with Crippen molar-refractivity contribution in [3.05, 3.63) is 78.7 Å².